The van der Waals surface area contributed by atoms with E-state index in [4.69, 9.17) is 4.42 Å². The molecule has 11 rings (SSSR count). The van der Waals surface area contributed by atoms with Crippen molar-refractivity contribution in [2.24, 2.45) is 0 Å². The van der Waals surface area contributed by atoms with Crippen molar-refractivity contribution >= 4 is 79.2 Å². The topological polar surface area (TPSA) is 19.6 Å². The number of para-hydroxylation sites is 4. The molecule has 52 heavy (non-hydrogen) atoms. The summed E-state index contributed by atoms with van der Waals surface area (Å²) < 4.78 is 6.52. The van der Waals surface area contributed by atoms with Crippen molar-refractivity contribution in [1.29, 1.82) is 0 Å². The molecule has 0 aliphatic carbocycles. The van der Waals surface area contributed by atoms with Crippen LogP contribution in [0.25, 0.3) is 44.2 Å². The number of hydrogen-bond donors (Lipinski definition) is 0. The Balaban J connectivity index is 1.17. The number of rotatable bonds is 4. The lowest BCUT2D eigenvalue weighted by atomic mass is 9.33. The van der Waals surface area contributed by atoms with Crippen LogP contribution >= 0.6 is 0 Å². The Morgan fingerprint density at radius 1 is 0.385 bits per heavy atom. The summed E-state index contributed by atoms with van der Waals surface area (Å²) in [6.07, 6.45) is 0. The molecule has 0 saturated carbocycles. The highest BCUT2D eigenvalue weighted by molar-refractivity contribution is 7.00. The standard InChI is InChI=1S/C48H31BN2O/c1-3-15-32(16-4-1)33-29-30-45-37(31-33)47-36(20-13-28-46(47)52-45)35-19-7-10-23-40(35)51-42-25-12-9-22-39(42)49-38-21-8-11-24-41(38)50(34-17-5-2-6-18-34)43-26-14-27-44(51)48(43)49/h1-31H. The van der Waals surface area contributed by atoms with Crippen molar-refractivity contribution in [2.45, 2.75) is 0 Å². The van der Waals surface area contributed by atoms with Crippen LogP contribution in [0.3, 0.4) is 0 Å². The summed E-state index contributed by atoms with van der Waals surface area (Å²) in [5.41, 5.74) is 17.5. The van der Waals surface area contributed by atoms with Crippen LogP contribution in [0, 0.1) is 0 Å². The molecule has 1 aromatic heterocycles. The highest BCUT2D eigenvalue weighted by Crippen LogP contribution is 2.48. The van der Waals surface area contributed by atoms with E-state index < -0.39 is 0 Å². The molecule has 0 amide bonds. The summed E-state index contributed by atoms with van der Waals surface area (Å²) in [6, 6.07) is 67.9. The summed E-state index contributed by atoms with van der Waals surface area (Å²) in [4.78, 5) is 4.93. The summed E-state index contributed by atoms with van der Waals surface area (Å²) in [5.74, 6) is 0. The second kappa shape index (κ2) is 11.4. The van der Waals surface area contributed by atoms with Gasteiger partial charge in [0.1, 0.15) is 11.2 Å². The maximum absolute atomic E-state index is 6.52. The van der Waals surface area contributed by atoms with Gasteiger partial charge >= 0.3 is 0 Å². The van der Waals surface area contributed by atoms with Gasteiger partial charge in [0, 0.05) is 44.8 Å². The van der Waals surface area contributed by atoms with E-state index >= 15 is 0 Å². The lowest BCUT2D eigenvalue weighted by Gasteiger charge is -2.44. The molecule has 2 aliphatic heterocycles. The molecule has 0 fully saturated rings. The van der Waals surface area contributed by atoms with Crippen molar-refractivity contribution in [1.82, 2.24) is 0 Å². The Hall–Kier alpha value is -6.78. The van der Waals surface area contributed by atoms with E-state index in [-0.39, 0.29) is 6.71 Å². The molecular formula is C48H31BN2O. The molecule has 0 spiro atoms. The fourth-order valence-corrected chi connectivity index (χ4v) is 8.71. The van der Waals surface area contributed by atoms with Crippen molar-refractivity contribution in [3.63, 3.8) is 0 Å². The molecule has 0 unspecified atom stereocenters. The van der Waals surface area contributed by atoms with Gasteiger partial charge in [0.2, 0.25) is 0 Å². The van der Waals surface area contributed by atoms with Crippen LogP contribution in [0.5, 0.6) is 0 Å². The number of fused-ring (bicyclic) bond motifs is 7. The van der Waals surface area contributed by atoms with Gasteiger partial charge in [-0.25, -0.2) is 0 Å². The zero-order chi connectivity index (χ0) is 34.2. The van der Waals surface area contributed by atoms with Crippen LogP contribution in [0.2, 0.25) is 0 Å². The molecule has 8 aromatic carbocycles. The first-order chi connectivity index (χ1) is 25.8. The monoisotopic (exact) mass is 662 g/mol. The van der Waals surface area contributed by atoms with Gasteiger partial charge in [-0.3, -0.25) is 0 Å². The number of hydrogen-bond acceptors (Lipinski definition) is 3. The van der Waals surface area contributed by atoms with Crippen LogP contribution in [-0.2, 0) is 0 Å². The van der Waals surface area contributed by atoms with E-state index in [0.717, 1.165) is 44.4 Å². The molecule has 2 aliphatic rings. The number of benzene rings is 8. The number of nitrogens with zero attached hydrogens (tertiary/aromatic N) is 2. The third-order valence-electron chi connectivity index (χ3n) is 10.9. The van der Waals surface area contributed by atoms with Crippen LogP contribution < -0.4 is 26.2 Å². The molecular weight excluding hydrogens is 631 g/mol. The Labute approximate surface area is 302 Å². The number of anilines is 6. The van der Waals surface area contributed by atoms with Gasteiger partial charge in [-0.05, 0) is 93.7 Å². The minimum atomic E-state index is 0.0969. The van der Waals surface area contributed by atoms with E-state index in [1.807, 2.05) is 0 Å². The summed E-state index contributed by atoms with van der Waals surface area (Å²) >= 11 is 0. The Morgan fingerprint density at radius 2 is 0.962 bits per heavy atom. The molecule has 0 atom stereocenters. The smallest absolute Gasteiger partial charge is 0.252 e. The first-order valence-corrected chi connectivity index (χ1v) is 17.9. The molecule has 9 aromatic rings. The largest absolute Gasteiger partial charge is 0.456 e. The predicted molar refractivity (Wildman–Crippen MR) is 219 cm³/mol. The van der Waals surface area contributed by atoms with Crippen LogP contribution in [-0.4, -0.2) is 6.71 Å². The van der Waals surface area contributed by atoms with Crippen molar-refractivity contribution in [3.05, 3.63) is 188 Å². The summed E-state index contributed by atoms with van der Waals surface area (Å²) in [7, 11) is 0. The summed E-state index contributed by atoms with van der Waals surface area (Å²) in [6.45, 7) is 0.0969. The molecule has 4 heteroatoms. The van der Waals surface area contributed by atoms with Gasteiger partial charge in [-0.1, -0.05) is 127 Å². The maximum atomic E-state index is 6.52. The summed E-state index contributed by atoms with van der Waals surface area (Å²) in [5, 5.41) is 2.25. The quantitative estimate of drug-likeness (QED) is 0.175. The zero-order valence-electron chi connectivity index (χ0n) is 28.3. The van der Waals surface area contributed by atoms with E-state index in [2.05, 4.69) is 198 Å². The molecule has 0 bridgehead atoms. The minimum Gasteiger partial charge on any atom is -0.456 e. The average molecular weight is 663 g/mol. The van der Waals surface area contributed by atoms with Crippen molar-refractivity contribution in [2.75, 3.05) is 9.80 Å². The van der Waals surface area contributed by atoms with Gasteiger partial charge in [0.15, 0.2) is 0 Å². The lowest BCUT2D eigenvalue weighted by Crippen LogP contribution is -2.61. The van der Waals surface area contributed by atoms with Gasteiger partial charge in [-0.15, -0.1) is 0 Å². The SMILES string of the molecule is c1ccc(-c2ccc3oc4cccc(-c5ccccc5N5c6ccccc6B6c7ccccc7N(c7ccccc7)c7cccc5c76)c4c3c2)cc1. The highest BCUT2D eigenvalue weighted by atomic mass is 16.3. The van der Waals surface area contributed by atoms with Crippen LogP contribution in [0.15, 0.2) is 192 Å². The Morgan fingerprint density at radius 3 is 1.73 bits per heavy atom. The average Bonchev–Trinajstić information content (AvgIpc) is 3.60. The molecule has 3 heterocycles. The molecule has 0 radical (unpaired) electrons. The second-order valence-electron chi connectivity index (χ2n) is 13.6. The van der Waals surface area contributed by atoms with Gasteiger partial charge in [0.05, 0.1) is 5.69 Å². The lowest BCUT2D eigenvalue weighted by molar-refractivity contribution is 0.669. The third kappa shape index (κ3) is 4.21. The highest BCUT2D eigenvalue weighted by Gasteiger charge is 2.43. The van der Waals surface area contributed by atoms with Crippen molar-refractivity contribution in [3.8, 4) is 22.3 Å². The van der Waals surface area contributed by atoms with Crippen molar-refractivity contribution < 1.29 is 4.42 Å². The van der Waals surface area contributed by atoms with Gasteiger partial charge in [0.25, 0.3) is 6.71 Å². The predicted octanol–water partition coefficient (Wildman–Crippen LogP) is 11.0. The van der Waals surface area contributed by atoms with Gasteiger partial charge in [-0.2, -0.15) is 0 Å². The molecule has 0 N–H and O–H groups in total. The molecule has 0 saturated heterocycles. The fourth-order valence-electron chi connectivity index (χ4n) is 8.71. The Bertz CT molecular complexity index is 2830. The van der Waals surface area contributed by atoms with Crippen LogP contribution in [0.4, 0.5) is 34.1 Å². The first kappa shape index (κ1) is 29.0. The minimum absolute atomic E-state index is 0.0969. The molecule has 3 nitrogen and oxygen atoms in total. The first-order valence-electron chi connectivity index (χ1n) is 17.9. The zero-order valence-corrected chi connectivity index (χ0v) is 28.3. The van der Waals surface area contributed by atoms with Gasteiger partial charge < -0.3 is 14.2 Å². The van der Waals surface area contributed by atoms with E-state index in [0.29, 0.717) is 0 Å². The second-order valence-corrected chi connectivity index (χ2v) is 13.6. The van der Waals surface area contributed by atoms with E-state index in [1.165, 1.54) is 50.3 Å². The van der Waals surface area contributed by atoms with E-state index in [9.17, 15) is 0 Å². The van der Waals surface area contributed by atoms with Crippen LogP contribution in [0.1, 0.15) is 0 Å². The normalized spacial score (nSPS) is 12.9. The third-order valence-corrected chi connectivity index (χ3v) is 10.9. The van der Waals surface area contributed by atoms with E-state index in [1.54, 1.807) is 0 Å². The molecule has 242 valence electrons. The maximum Gasteiger partial charge on any atom is 0.252 e. The Kier molecular flexibility index (Phi) is 6.35. The fraction of sp³-hybridized carbons (Fsp3) is 0. The number of furan rings is 1.